The second-order valence-electron chi connectivity index (χ2n) is 5.16. The fourth-order valence-corrected chi connectivity index (χ4v) is 3.45. The molecule has 2 aromatic heterocycles. The molecule has 102 valence electrons. The molecule has 3 heterocycles. The monoisotopic (exact) mass is 276 g/mol. The summed E-state index contributed by atoms with van der Waals surface area (Å²) in [5.74, 6) is 0. The smallest absolute Gasteiger partial charge is 0.0794 e. The molecule has 1 atom stereocenters. The number of rotatable bonds is 5. The average molecular weight is 276 g/mol. The molecule has 2 aromatic rings. The number of hydrogen-bond acceptors (Lipinski definition) is 4. The summed E-state index contributed by atoms with van der Waals surface area (Å²) < 4.78 is 0. The summed E-state index contributed by atoms with van der Waals surface area (Å²) in [5.41, 5.74) is 2.41. The Morgan fingerprint density at radius 3 is 3.26 bits per heavy atom. The zero-order valence-corrected chi connectivity index (χ0v) is 12.0. The highest BCUT2D eigenvalue weighted by atomic mass is 32.1. The minimum Gasteiger partial charge on any atom is -0.311 e. The predicted molar refractivity (Wildman–Crippen MR) is 79.3 cm³/mol. The molecule has 2 N–H and O–H groups in total. The second-order valence-corrected chi connectivity index (χ2v) is 6.10. The lowest BCUT2D eigenvalue weighted by molar-refractivity contribution is 0.300. The van der Waals surface area contributed by atoms with Crippen molar-refractivity contribution in [1.82, 2.24) is 20.4 Å². The fourth-order valence-electron chi connectivity index (χ4n) is 2.69. The van der Waals surface area contributed by atoms with Gasteiger partial charge in [-0.2, -0.15) is 5.10 Å². The van der Waals surface area contributed by atoms with Gasteiger partial charge < -0.3 is 10.2 Å². The third kappa shape index (κ3) is 2.88. The van der Waals surface area contributed by atoms with Crippen LogP contribution in [0, 0.1) is 0 Å². The van der Waals surface area contributed by atoms with Gasteiger partial charge in [-0.05, 0) is 37.9 Å². The lowest BCUT2D eigenvalue weighted by Crippen LogP contribution is -2.35. The number of hydrogen-bond donors (Lipinski definition) is 2. The van der Waals surface area contributed by atoms with Crippen LogP contribution in [0.4, 0.5) is 0 Å². The van der Waals surface area contributed by atoms with Gasteiger partial charge in [0.2, 0.25) is 0 Å². The van der Waals surface area contributed by atoms with Crippen molar-refractivity contribution < 1.29 is 0 Å². The number of nitrogens with zero attached hydrogens (tertiary/aromatic N) is 2. The minimum atomic E-state index is 0.692. The van der Waals surface area contributed by atoms with Crippen LogP contribution in [0.1, 0.15) is 18.4 Å². The molecule has 0 spiro atoms. The fraction of sp³-hybridized carbons (Fsp3) is 0.500. The van der Waals surface area contributed by atoms with Crippen molar-refractivity contribution in [1.29, 1.82) is 0 Å². The van der Waals surface area contributed by atoms with Crippen LogP contribution in [0.2, 0.25) is 0 Å². The summed E-state index contributed by atoms with van der Waals surface area (Å²) in [6.45, 7) is 3.18. The summed E-state index contributed by atoms with van der Waals surface area (Å²) in [6, 6.07) is 4.90. The molecule has 3 rings (SSSR count). The highest BCUT2D eigenvalue weighted by Gasteiger charge is 2.20. The van der Waals surface area contributed by atoms with Gasteiger partial charge in [-0.3, -0.25) is 5.10 Å². The van der Waals surface area contributed by atoms with Crippen LogP contribution in [-0.4, -0.2) is 41.3 Å². The zero-order valence-electron chi connectivity index (χ0n) is 11.2. The Hall–Kier alpha value is -1.17. The van der Waals surface area contributed by atoms with Crippen molar-refractivity contribution in [2.75, 3.05) is 20.1 Å². The van der Waals surface area contributed by atoms with Crippen LogP contribution in [0.3, 0.4) is 0 Å². The van der Waals surface area contributed by atoms with E-state index in [1.165, 1.54) is 29.8 Å². The van der Waals surface area contributed by atoms with E-state index in [0.29, 0.717) is 6.04 Å². The Morgan fingerprint density at radius 1 is 1.58 bits per heavy atom. The first-order chi connectivity index (χ1) is 9.34. The van der Waals surface area contributed by atoms with Gasteiger partial charge in [-0.1, -0.05) is 6.07 Å². The van der Waals surface area contributed by atoms with Gasteiger partial charge in [0.05, 0.1) is 16.8 Å². The van der Waals surface area contributed by atoms with Gasteiger partial charge in [-0.25, -0.2) is 0 Å². The highest BCUT2D eigenvalue weighted by Crippen LogP contribution is 2.25. The first-order valence-corrected chi connectivity index (χ1v) is 7.69. The Labute approximate surface area is 117 Å². The van der Waals surface area contributed by atoms with Crippen LogP contribution in [0.25, 0.3) is 10.6 Å². The lowest BCUT2D eigenvalue weighted by Gasteiger charge is -2.19. The van der Waals surface area contributed by atoms with Crippen molar-refractivity contribution in [3.05, 3.63) is 29.3 Å². The largest absolute Gasteiger partial charge is 0.311 e. The molecule has 19 heavy (non-hydrogen) atoms. The Kier molecular flexibility index (Phi) is 3.96. The topological polar surface area (TPSA) is 44.0 Å². The molecule has 0 bridgehead atoms. The Morgan fingerprint density at radius 2 is 2.53 bits per heavy atom. The van der Waals surface area contributed by atoms with E-state index < -0.39 is 0 Å². The zero-order chi connectivity index (χ0) is 13.1. The van der Waals surface area contributed by atoms with Crippen molar-refractivity contribution in [2.24, 2.45) is 0 Å². The van der Waals surface area contributed by atoms with E-state index in [1.807, 2.05) is 6.20 Å². The maximum atomic E-state index is 4.17. The molecule has 0 amide bonds. The quantitative estimate of drug-likeness (QED) is 0.881. The molecular weight excluding hydrogens is 256 g/mol. The maximum absolute atomic E-state index is 4.17. The highest BCUT2D eigenvalue weighted by molar-refractivity contribution is 7.13. The average Bonchev–Trinajstić information content (AvgIpc) is 3.11. The number of aromatic amines is 1. The molecule has 4 nitrogen and oxygen atoms in total. The van der Waals surface area contributed by atoms with Gasteiger partial charge >= 0.3 is 0 Å². The molecular formula is C14H20N4S. The first-order valence-electron chi connectivity index (χ1n) is 6.81. The van der Waals surface area contributed by atoms with E-state index in [4.69, 9.17) is 0 Å². The van der Waals surface area contributed by atoms with E-state index in [0.717, 1.165) is 18.8 Å². The van der Waals surface area contributed by atoms with Gasteiger partial charge in [0.25, 0.3) is 0 Å². The second kappa shape index (κ2) is 5.86. The normalized spacial score (nSPS) is 20.2. The molecule has 0 aromatic carbocycles. The molecule has 1 saturated heterocycles. The number of H-pyrrole nitrogens is 1. The van der Waals surface area contributed by atoms with Crippen LogP contribution in [-0.2, 0) is 6.54 Å². The summed E-state index contributed by atoms with van der Waals surface area (Å²) in [4.78, 5) is 3.70. The standard InChI is InChI=1S/C14H20N4S/c1-18-6-2-4-12(18)10-15-8-11-9-16-17-14(11)13-5-3-7-19-13/h3,5,7,9,12,15H,2,4,6,8,10H2,1H3,(H,16,17). The molecule has 0 radical (unpaired) electrons. The minimum absolute atomic E-state index is 0.692. The third-order valence-electron chi connectivity index (χ3n) is 3.85. The van der Waals surface area contributed by atoms with E-state index in [-0.39, 0.29) is 0 Å². The van der Waals surface area contributed by atoms with E-state index in [1.54, 1.807) is 11.3 Å². The van der Waals surface area contributed by atoms with Crippen LogP contribution in [0.5, 0.6) is 0 Å². The van der Waals surface area contributed by atoms with Crippen molar-refractivity contribution in [2.45, 2.75) is 25.4 Å². The van der Waals surface area contributed by atoms with Crippen LogP contribution >= 0.6 is 11.3 Å². The molecule has 5 heteroatoms. The number of aromatic nitrogens is 2. The summed E-state index contributed by atoms with van der Waals surface area (Å²) in [7, 11) is 2.22. The molecule has 1 unspecified atom stereocenters. The number of likely N-dealkylation sites (tertiary alicyclic amines) is 1. The van der Waals surface area contributed by atoms with Crippen molar-refractivity contribution in [3.8, 4) is 10.6 Å². The molecule has 1 fully saturated rings. The van der Waals surface area contributed by atoms with E-state index in [9.17, 15) is 0 Å². The SMILES string of the molecule is CN1CCCC1CNCc1cn[nH]c1-c1cccs1. The number of nitrogens with one attached hydrogen (secondary N) is 2. The maximum Gasteiger partial charge on any atom is 0.0794 e. The molecule has 1 aliphatic heterocycles. The van der Waals surface area contributed by atoms with Crippen molar-refractivity contribution >= 4 is 11.3 Å². The first kappa shape index (κ1) is 12.8. The van der Waals surface area contributed by atoms with Gasteiger partial charge in [-0.15, -0.1) is 11.3 Å². The lowest BCUT2D eigenvalue weighted by atomic mass is 10.2. The summed E-state index contributed by atoms with van der Waals surface area (Å²) in [6.07, 6.45) is 4.57. The molecule has 0 saturated carbocycles. The van der Waals surface area contributed by atoms with E-state index >= 15 is 0 Å². The number of likely N-dealkylation sites (N-methyl/N-ethyl adjacent to an activating group) is 1. The van der Waals surface area contributed by atoms with Crippen LogP contribution in [0.15, 0.2) is 23.7 Å². The number of thiophene rings is 1. The Balaban J connectivity index is 1.57. The Bertz CT molecular complexity index is 505. The van der Waals surface area contributed by atoms with Gasteiger partial charge in [0, 0.05) is 24.7 Å². The van der Waals surface area contributed by atoms with Crippen molar-refractivity contribution in [3.63, 3.8) is 0 Å². The molecule has 1 aliphatic rings. The summed E-state index contributed by atoms with van der Waals surface area (Å²) in [5, 5.41) is 12.9. The predicted octanol–water partition coefficient (Wildman–Crippen LogP) is 2.32. The third-order valence-corrected chi connectivity index (χ3v) is 4.74. The van der Waals surface area contributed by atoms with Crippen LogP contribution < -0.4 is 5.32 Å². The molecule has 0 aliphatic carbocycles. The summed E-state index contributed by atoms with van der Waals surface area (Å²) >= 11 is 1.75. The van der Waals surface area contributed by atoms with Gasteiger partial charge in [0.15, 0.2) is 0 Å². The van der Waals surface area contributed by atoms with Gasteiger partial charge in [0.1, 0.15) is 0 Å². The van der Waals surface area contributed by atoms with E-state index in [2.05, 4.69) is 45.0 Å².